The third kappa shape index (κ3) is 4.95. The van der Waals surface area contributed by atoms with Crippen LogP contribution in [0.15, 0.2) is 108 Å². The number of fused-ring (bicyclic) bond motifs is 11. The molecule has 0 saturated heterocycles. The lowest BCUT2D eigenvalue weighted by molar-refractivity contribution is 0.332. The van der Waals surface area contributed by atoms with Crippen molar-refractivity contribution in [2.24, 2.45) is 0 Å². The summed E-state index contributed by atoms with van der Waals surface area (Å²) in [6.45, 7) is 28.4. The molecule has 11 rings (SSSR count). The van der Waals surface area contributed by atoms with Crippen LogP contribution in [0.3, 0.4) is 0 Å². The summed E-state index contributed by atoms with van der Waals surface area (Å²) >= 11 is 0. The van der Waals surface area contributed by atoms with E-state index in [1.807, 2.05) is 0 Å². The van der Waals surface area contributed by atoms with Crippen molar-refractivity contribution in [3.05, 3.63) is 137 Å². The monoisotopic (exact) mass is 772 g/mol. The van der Waals surface area contributed by atoms with Gasteiger partial charge in [-0.1, -0.05) is 138 Å². The molecule has 0 amide bonds. The van der Waals surface area contributed by atoms with E-state index in [0.29, 0.717) is 0 Å². The van der Waals surface area contributed by atoms with Gasteiger partial charge in [0.1, 0.15) is 11.2 Å². The smallest absolute Gasteiger partial charge is 0.333 e. The third-order valence-electron chi connectivity index (χ3n) is 15.0. The summed E-state index contributed by atoms with van der Waals surface area (Å²) in [4.78, 5) is 5.27. The second-order valence-corrected chi connectivity index (χ2v) is 22.1. The minimum absolute atomic E-state index is 0.0486. The van der Waals surface area contributed by atoms with Crippen LogP contribution in [-0.4, -0.2) is 6.85 Å². The summed E-state index contributed by atoms with van der Waals surface area (Å²) in [5.74, 6) is 0. The highest BCUT2D eigenvalue weighted by Gasteiger charge is 2.50. The van der Waals surface area contributed by atoms with Gasteiger partial charge in [-0.3, -0.25) is 0 Å². The van der Waals surface area contributed by atoms with Crippen LogP contribution in [0.25, 0.3) is 33.1 Å². The molecule has 0 N–H and O–H groups in total. The number of rotatable bonds is 1. The van der Waals surface area contributed by atoms with E-state index in [4.69, 9.17) is 4.42 Å². The first-order valence-electron chi connectivity index (χ1n) is 21.9. The van der Waals surface area contributed by atoms with Crippen LogP contribution in [0, 0.1) is 0 Å². The Kier molecular flexibility index (Phi) is 7.20. The van der Waals surface area contributed by atoms with Crippen molar-refractivity contribution in [2.45, 2.75) is 123 Å². The van der Waals surface area contributed by atoms with Crippen molar-refractivity contribution in [1.29, 1.82) is 0 Å². The SMILES string of the molecule is CC(C)(C)c1ccc(N2B3c4cccc5c4N(c4ccccc4C5(C)C)c4cc(C(C)(C)C)cc(c43)-c3c2ccc2c3oc3cc4c(cc32)C(C)(C)CCC4(C)C)cc1. The summed E-state index contributed by atoms with van der Waals surface area (Å²) in [5.41, 5.74) is 21.7. The molecule has 0 bridgehead atoms. The minimum atomic E-state index is -0.172. The van der Waals surface area contributed by atoms with E-state index < -0.39 is 0 Å². The van der Waals surface area contributed by atoms with Gasteiger partial charge in [-0.25, -0.2) is 0 Å². The Hall–Kier alpha value is -5.22. The highest BCUT2D eigenvalue weighted by molar-refractivity contribution is 6.93. The molecule has 6 aromatic carbocycles. The maximum Gasteiger partial charge on any atom is 0.333 e. The molecule has 1 aliphatic carbocycles. The first-order valence-corrected chi connectivity index (χ1v) is 21.9. The predicted octanol–water partition coefficient (Wildman–Crippen LogP) is 13.9. The van der Waals surface area contributed by atoms with Crippen molar-refractivity contribution in [3.63, 3.8) is 0 Å². The molecular weight excluding hydrogens is 715 g/mol. The molecular formula is C55H57BN2O. The molecule has 1 aromatic heterocycles. The first kappa shape index (κ1) is 36.8. The number of nitrogens with zero attached hydrogens (tertiary/aromatic N) is 2. The molecule has 4 heteroatoms. The molecule has 296 valence electrons. The van der Waals surface area contributed by atoms with Crippen LogP contribution in [0.2, 0.25) is 0 Å². The molecule has 7 aromatic rings. The van der Waals surface area contributed by atoms with Crippen LogP contribution >= 0.6 is 0 Å². The molecule has 4 heterocycles. The fourth-order valence-corrected chi connectivity index (χ4v) is 11.3. The van der Waals surface area contributed by atoms with Crippen molar-refractivity contribution in [2.75, 3.05) is 9.71 Å². The average molecular weight is 773 g/mol. The lowest BCUT2D eigenvalue weighted by Crippen LogP contribution is -2.62. The van der Waals surface area contributed by atoms with Gasteiger partial charge >= 0.3 is 6.85 Å². The number of hydrogen-bond acceptors (Lipinski definition) is 3. The second-order valence-electron chi connectivity index (χ2n) is 22.1. The fourth-order valence-electron chi connectivity index (χ4n) is 11.3. The van der Waals surface area contributed by atoms with Crippen LogP contribution in [0.1, 0.15) is 129 Å². The zero-order chi connectivity index (χ0) is 41.3. The van der Waals surface area contributed by atoms with Gasteiger partial charge in [0.05, 0.1) is 5.69 Å². The lowest BCUT2D eigenvalue weighted by Gasteiger charge is -2.50. The van der Waals surface area contributed by atoms with E-state index in [0.717, 1.165) is 11.2 Å². The number of benzene rings is 6. The Morgan fingerprint density at radius 2 is 1.24 bits per heavy atom. The van der Waals surface area contributed by atoms with Crippen molar-refractivity contribution < 1.29 is 4.42 Å². The fraction of sp³-hybridized carbons (Fsp3) is 0.345. The molecule has 0 unspecified atom stereocenters. The van der Waals surface area contributed by atoms with Gasteiger partial charge in [-0.2, -0.15) is 0 Å². The predicted molar refractivity (Wildman–Crippen MR) is 252 cm³/mol. The molecule has 4 aliphatic rings. The molecule has 0 spiro atoms. The van der Waals surface area contributed by atoms with Gasteiger partial charge in [0.25, 0.3) is 0 Å². The zero-order valence-corrected chi connectivity index (χ0v) is 37.1. The molecule has 3 nitrogen and oxygen atoms in total. The number of para-hydroxylation sites is 2. The van der Waals surface area contributed by atoms with E-state index in [1.54, 1.807) is 0 Å². The zero-order valence-electron chi connectivity index (χ0n) is 37.1. The Labute approximate surface area is 351 Å². The topological polar surface area (TPSA) is 19.6 Å². The van der Waals surface area contributed by atoms with E-state index in [-0.39, 0.29) is 33.9 Å². The Balaban J connectivity index is 1.29. The molecule has 0 radical (unpaired) electrons. The van der Waals surface area contributed by atoms with E-state index >= 15 is 0 Å². The minimum Gasteiger partial charge on any atom is -0.455 e. The highest BCUT2D eigenvalue weighted by atomic mass is 16.3. The Morgan fingerprint density at radius 3 is 1.93 bits per heavy atom. The Morgan fingerprint density at radius 1 is 0.576 bits per heavy atom. The van der Waals surface area contributed by atoms with Gasteiger partial charge in [0, 0.05) is 44.5 Å². The van der Waals surface area contributed by atoms with Crippen LogP contribution in [0.4, 0.5) is 28.4 Å². The van der Waals surface area contributed by atoms with Gasteiger partial charge in [0.2, 0.25) is 0 Å². The normalized spacial score (nSPS) is 18.0. The highest BCUT2D eigenvalue weighted by Crippen LogP contribution is 2.57. The van der Waals surface area contributed by atoms with Gasteiger partial charge in [0.15, 0.2) is 0 Å². The van der Waals surface area contributed by atoms with Gasteiger partial charge in [-0.05, 0) is 133 Å². The summed E-state index contributed by atoms with van der Waals surface area (Å²) in [6.07, 6.45) is 2.35. The van der Waals surface area contributed by atoms with Crippen LogP contribution in [-0.2, 0) is 27.1 Å². The van der Waals surface area contributed by atoms with Crippen molar-refractivity contribution in [3.8, 4) is 11.1 Å². The van der Waals surface area contributed by atoms with Crippen molar-refractivity contribution in [1.82, 2.24) is 0 Å². The lowest BCUT2D eigenvalue weighted by atomic mass is 9.42. The third-order valence-corrected chi connectivity index (χ3v) is 15.0. The summed E-state index contributed by atoms with van der Waals surface area (Å²) in [6, 6.07) is 40.3. The first-order chi connectivity index (χ1) is 27.8. The van der Waals surface area contributed by atoms with E-state index in [9.17, 15) is 0 Å². The Bertz CT molecular complexity index is 2950. The largest absolute Gasteiger partial charge is 0.455 e. The van der Waals surface area contributed by atoms with Crippen molar-refractivity contribution >= 4 is 68.1 Å². The summed E-state index contributed by atoms with van der Waals surface area (Å²) < 4.78 is 7.33. The number of hydrogen-bond donors (Lipinski definition) is 0. The molecule has 59 heavy (non-hydrogen) atoms. The van der Waals surface area contributed by atoms with E-state index in [1.165, 1.54) is 107 Å². The average Bonchev–Trinajstić information content (AvgIpc) is 3.56. The summed E-state index contributed by atoms with van der Waals surface area (Å²) in [5, 5.41) is 2.42. The van der Waals surface area contributed by atoms with Gasteiger partial charge in [-0.15, -0.1) is 0 Å². The maximum absolute atomic E-state index is 7.33. The quantitative estimate of drug-likeness (QED) is 0.155. The van der Waals surface area contributed by atoms with Gasteiger partial charge < -0.3 is 14.1 Å². The number of furan rings is 1. The second kappa shape index (κ2) is 11.5. The van der Waals surface area contributed by atoms with Crippen LogP contribution in [0.5, 0.6) is 0 Å². The van der Waals surface area contributed by atoms with Crippen LogP contribution < -0.4 is 20.6 Å². The molecule has 0 fully saturated rings. The maximum atomic E-state index is 7.33. The molecule has 0 saturated carbocycles. The van der Waals surface area contributed by atoms with E-state index in [2.05, 4.69) is 196 Å². The molecule has 0 atom stereocenters. The summed E-state index contributed by atoms with van der Waals surface area (Å²) in [7, 11) is 0. The standard InChI is InChI=1S/C55H57BN2O/c1-51(2,3)32-20-22-34(23-21-32)58-44-25-24-35-36-30-40-41(54(9,10)27-26-53(40,7)8)31-46(36)59-50(35)47(44)37-28-33(52(4,5)6)29-45-48(37)56(58)42-18-15-17-39-49(42)57(45)43-19-14-13-16-38(43)55(39,11)12/h13-25,28-31H,26-27H2,1-12H3. The number of anilines is 5. The molecule has 3 aliphatic heterocycles.